The van der Waals surface area contributed by atoms with Gasteiger partial charge in [0.2, 0.25) is 5.78 Å². The lowest BCUT2D eigenvalue weighted by molar-refractivity contribution is -0.246. The summed E-state index contributed by atoms with van der Waals surface area (Å²) in [4.78, 5) is 46.6. The van der Waals surface area contributed by atoms with E-state index in [0.29, 0.717) is 0 Å². The molecule has 45 heavy (non-hydrogen) atoms. The number of carbonyl (C=O) groups is 3. The molecule has 2 aliphatic carbocycles. The van der Waals surface area contributed by atoms with Crippen molar-refractivity contribution < 1.29 is 49.0 Å². The van der Waals surface area contributed by atoms with Crippen molar-refractivity contribution in [2.24, 2.45) is 4.99 Å². The number of carbonyl (C=O) groups excluding carboxylic acids is 3. The third-order valence-corrected chi connectivity index (χ3v) is 8.96. The van der Waals surface area contributed by atoms with Crippen molar-refractivity contribution >= 4 is 36.1 Å². The van der Waals surface area contributed by atoms with Crippen molar-refractivity contribution in [3.05, 3.63) is 51.6 Å². The Hall–Kier alpha value is -3.55. The van der Waals surface area contributed by atoms with E-state index in [0.717, 1.165) is 13.1 Å². The Labute approximate surface area is 267 Å². The molecular formula is C32H39ClN2O10. The first-order chi connectivity index (χ1) is 20.9. The van der Waals surface area contributed by atoms with E-state index in [4.69, 9.17) is 14.2 Å². The molecule has 0 spiro atoms. The minimum absolute atomic E-state index is 0. The second kappa shape index (κ2) is 13.1. The van der Waals surface area contributed by atoms with Crippen molar-refractivity contribution in [3.8, 4) is 17.2 Å². The number of fused-ring (bicyclic) bond motifs is 3. The van der Waals surface area contributed by atoms with Gasteiger partial charge in [0.15, 0.2) is 17.9 Å². The lowest BCUT2D eigenvalue weighted by atomic mass is 9.72. The van der Waals surface area contributed by atoms with Gasteiger partial charge in [-0.2, -0.15) is 0 Å². The van der Waals surface area contributed by atoms with Crippen molar-refractivity contribution in [2.45, 2.75) is 83.2 Å². The van der Waals surface area contributed by atoms with Crippen LogP contribution in [0.1, 0.15) is 89.6 Å². The van der Waals surface area contributed by atoms with Crippen LogP contribution in [-0.4, -0.2) is 99.4 Å². The lowest BCUT2D eigenvalue weighted by Crippen LogP contribution is -2.49. The van der Waals surface area contributed by atoms with Crippen LogP contribution in [0.5, 0.6) is 17.2 Å². The van der Waals surface area contributed by atoms with E-state index in [1.165, 1.54) is 32.2 Å². The van der Waals surface area contributed by atoms with Crippen LogP contribution in [-0.2, 0) is 20.7 Å². The van der Waals surface area contributed by atoms with E-state index in [9.17, 15) is 34.8 Å². The third kappa shape index (κ3) is 5.81. The van der Waals surface area contributed by atoms with Crippen LogP contribution < -0.4 is 4.74 Å². The zero-order chi connectivity index (χ0) is 32.1. The molecule has 4 unspecified atom stereocenters. The number of phenolic OH excluding ortho intramolecular Hbond substituents is 2. The van der Waals surface area contributed by atoms with E-state index >= 15 is 0 Å². The summed E-state index contributed by atoms with van der Waals surface area (Å²) in [6, 6.07) is 3.86. The molecule has 2 aromatic rings. The average Bonchev–Trinajstić information content (AvgIpc) is 2.99. The molecule has 2 aromatic carbocycles. The second-order valence-corrected chi connectivity index (χ2v) is 11.5. The van der Waals surface area contributed by atoms with Gasteiger partial charge < -0.3 is 39.5 Å². The number of nitrogens with zero attached hydrogens (tertiary/aromatic N) is 2. The number of rotatable bonds is 8. The van der Waals surface area contributed by atoms with Gasteiger partial charge >= 0.3 is 0 Å². The van der Waals surface area contributed by atoms with Gasteiger partial charge in [0.1, 0.15) is 29.0 Å². The molecule has 0 aromatic heterocycles. The fourth-order valence-corrected chi connectivity index (χ4v) is 6.31. The zero-order valence-electron chi connectivity index (χ0n) is 25.8. The van der Waals surface area contributed by atoms with E-state index in [1.54, 1.807) is 13.3 Å². The second-order valence-electron chi connectivity index (χ2n) is 11.5. The number of Topliss-reactive ketones (excluding diaryl/α,β-unsaturated/α-hetero) is 1. The maximum atomic E-state index is 13.8. The minimum atomic E-state index is -2.02. The van der Waals surface area contributed by atoms with Gasteiger partial charge in [-0.05, 0) is 33.8 Å². The van der Waals surface area contributed by atoms with Gasteiger partial charge in [0.05, 0.1) is 48.4 Å². The highest BCUT2D eigenvalue weighted by molar-refractivity contribution is 6.31. The molecule has 12 nitrogen and oxygen atoms in total. The number of halogens is 1. The number of benzene rings is 2. The molecule has 0 bridgehead atoms. The molecule has 1 saturated heterocycles. The predicted octanol–water partition coefficient (Wildman–Crippen LogP) is 2.86. The molecule has 0 amide bonds. The maximum absolute atomic E-state index is 13.8. The Morgan fingerprint density at radius 2 is 1.80 bits per heavy atom. The average molecular weight is 647 g/mol. The number of ketones is 3. The number of methoxy groups -OCH3 is 1. The Morgan fingerprint density at radius 3 is 2.42 bits per heavy atom. The highest BCUT2D eigenvalue weighted by Gasteiger charge is 2.49. The minimum Gasteiger partial charge on any atom is -0.507 e. The molecule has 0 saturated carbocycles. The molecule has 1 heterocycles. The van der Waals surface area contributed by atoms with Gasteiger partial charge in [-0.15, -0.1) is 12.4 Å². The van der Waals surface area contributed by atoms with Gasteiger partial charge in [-0.1, -0.05) is 12.1 Å². The van der Waals surface area contributed by atoms with E-state index < -0.39 is 82.6 Å². The fraction of sp³-hybridized carbons (Fsp3) is 0.500. The van der Waals surface area contributed by atoms with Gasteiger partial charge in [0.25, 0.3) is 0 Å². The van der Waals surface area contributed by atoms with Crippen molar-refractivity contribution in [1.29, 1.82) is 0 Å². The Balaban J connectivity index is 0.00000461. The summed E-state index contributed by atoms with van der Waals surface area (Å²) in [5.74, 6) is -3.15. The lowest BCUT2D eigenvalue weighted by Gasteiger charge is -2.42. The third-order valence-electron chi connectivity index (χ3n) is 8.96. The first-order valence-electron chi connectivity index (χ1n) is 14.7. The summed E-state index contributed by atoms with van der Waals surface area (Å²) in [7, 11) is 1.35. The quantitative estimate of drug-likeness (QED) is 0.161. The molecule has 13 heteroatoms. The Morgan fingerprint density at radius 1 is 1.13 bits per heavy atom. The molecule has 244 valence electrons. The normalized spacial score (nSPS) is 27.3. The summed E-state index contributed by atoms with van der Waals surface area (Å²) in [5.41, 5.74) is -3.03. The molecule has 1 aliphatic heterocycles. The zero-order valence-corrected chi connectivity index (χ0v) is 26.6. The first kappa shape index (κ1) is 34.3. The summed E-state index contributed by atoms with van der Waals surface area (Å²) in [5, 5.41) is 45.3. The van der Waals surface area contributed by atoms with Crippen LogP contribution in [0.4, 0.5) is 0 Å². The SMILES string of the molecule is CCN(C=N[C@@H]1CC(O[C@H]2CC(O)(C(C)=O)Cc3c(O)c4c(c(O)c32)C(=O)c2c(OC)cccc2C4=O)OC(C)C1O)CC.Cl. The monoisotopic (exact) mass is 646 g/mol. The van der Waals surface area contributed by atoms with Gasteiger partial charge in [-0.3, -0.25) is 19.4 Å². The van der Waals surface area contributed by atoms with Gasteiger partial charge in [-0.25, -0.2) is 0 Å². The summed E-state index contributed by atoms with van der Waals surface area (Å²) in [6.45, 7) is 8.27. The van der Waals surface area contributed by atoms with Crippen LogP contribution in [0, 0.1) is 0 Å². The molecule has 0 radical (unpaired) electrons. The van der Waals surface area contributed by atoms with E-state index in [1.807, 2.05) is 18.7 Å². The van der Waals surface area contributed by atoms with Crippen LogP contribution >= 0.6 is 12.4 Å². The van der Waals surface area contributed by atoms with E-state index in [2.05, 4.69) is 4.99 Å². The topological polar surface area (TPSA) is 175 Å². The van der Waals surface area contributed by atoms with Crippen LogP contribution in [0.2, 0.25) is 0 Å². The number of aromatic hydroxyl groups is 2. The Bertz CT molecular complexity index is 1540. The fourth-order valence-electron chi connectivity index (χ4n) is 6.31. The number of phenols is 2. The van der Waals surface area contributed by atoms with Crippen molar-refractivity contribution in [3.63, 3.8) is 0 Å². The number of aliphatic hydroxyl groups excluding tert-OH is 1. The summed E-state index contributed by atoms with van der Waals surface area (Å²) < 4.78 is 17.5. The first-order valence-corrected chi connectivity index (χ1v) is 14.7. The number of aliphatic imine (C=N–C) groups is 1. The number of hydrogen-bond acceptors (Lipinski definition) is 11. The van der Waals surface area contributed by atoms with Crippen LogP contribution in [0.3, 0.4) is 0 Å². The van der Waals surface area contributed by atoms with Gasteiger partial charge in [0, 0.05) is 49.0 Å². The number of ether oxygens (including phenoxy) is 3. The molecule has 6 atom stereocenters. The van der Waals surface area contributed by atoms with E-state index in [-0.39, 0.29) is 53.3 Å². The van der Waals surface area contributed by atoms with Crippen LogP contribution in [0.25, 0.3) is 0 Å². The highest BCUT2D eigenvalue weighted by atomic mass is 35.5. The number of aliphatic hydroxyl groups is 2. The smallest absolute Gasteiger partial charge is 0.202 e. The van der Waals surface area contributed by atoms with Crippen LogP contribution in [0.15, 0.2) is 23.2 Å². The largest absolute Gasteiger partial charge is 0.507 e. The molecule has 3 aliphatic rings. The molecule has 5 rings (SSSR count). The summed E-state index contributed by atoms with van der Waals surface area (Å²) in [6.07, 6.45) is -2.86. The highest BCUT2D eigenvalue weighted by Crippen LogP contribution is 2.52. The molecule has 4 N–H and O–H groups in total. The maximum Gasteiger partial charge on any atom is 0.202 e. The predicted molar refractivity (Wildman–Crippen MR) is 165 cm³/mol. The van der Waals surface area contributed by atoms with Crippen molar-refractivity contribution in [2.75, 3.05) is 20.2 Å². The number of hydrogen-bond donors (Lipinski definition) is 4. The molecule has 1 fully saturated rings. The standard InChI is InChI=1S/C32H38N2O10.ClH/c1-6-34(7-2)14-33-19-11-22(43-15(3)27(19)36)44-21-13-32(41,16(4)35)12-18-24(21)31(40)26-25(29(18)38)28(37)17-9-8-10-20(42-5)23(17)30(26)39;/h8-10,14-15,19,21-22,27,36,38,40-41H,6-7,11-13H2,1-5H3;1H/t15?,19-,21+,22?,27?,32?;/m1./s1. The summed E-state index contributed by atoms with van der Waals surface area (Å²) >= 11 is 0. The molecular weight excluding hydrogens is 608 g/mol. The van der Waals surface area contributed by atoms with Crippen molar-refractivity contribution in [1.82, 2.24) is 4.90 Å². The Kier molecular flexibility index (Phi) is 9.96.